The fourth-order valence-corrected chi connectivity index (χ4v) is 2.16. The third-order valence-corrected chi connectivity index (χ3v) is 3.52. The van der Waals surface area contributed by atoms with Gasteiger partial charge < -0.3 is 9.88 Å². The van der Waals surface area contributed by atoms with Crippen LogP contribution in [0.15, 0.2) is 34.2 Å². The number of nitrogens with zero attached hydrogens (tertiary/aromatic N) is 4. The summed E-state index contributed by atoms with van der Waals surface area (Å²) in [4.78, 5) is 15.8. The van der Waals surface area contributed by atoms with Crippen molar-refractivity contribution in [1.29, 1.82) is 0 Å². The molecule has 0 unspecified atom stereocenters. The minimum atomic E-state index is -0.109. The monoisotopic (exact) mass is 325 g/mol. The third-order valence-electron chi connectivity index (χ3n) is 2.75. The van der Waals surface area contributed by atoms with Crippen LogP contribution in [0.3, 0.4) is 0 Å². The molecule has 0 bridgehead atoms. The standard InChI is InChI=1S/C12H16BrN5O/c1-2-18-12(19)11(13)10(8-16-18)15-4-3-6-17-7-5-14-9-17/h5,7-9,15H,2-4,6H2,1H3. The molecule has 0 aliphatic rings. The predicted octanol–water partition coefficient (Wildman–Crippen LogP) is 1.72. The van der Waals surface area contributed by atoms with E-state index < -0.39 is 0 Å². The van der Waals surface area contributed by atoms with E-state index in [0.29, 0.717) is 11.0 Å². The largest absolute Gasteiger partial charge is 0.383 e. The minimum Gasteiger partial charge on any atom is -0.383 e. The van der Waals surface area contributed by atoms with Gasteiger partial charge in [-0.05, 0) is 29.3 Å². The molecule has 0 saturated heterocycles. The highest BCUT2D eigenvalue weighted by Crippen LogP contribution is 2.15. The Balaban J connectivity index is 1.89. The van der Waals surface area contributed by atoms with E-state index >= 15 is 0 Å². The lowest BCUT2D eigenvalue weighted by atomic mass is 10.4. The van der Waals surface area contributed by atoms with Gasteiger partial charge in [0.2, 0.25) is 0 Å². The smallest absolute Gasteiger partial charge is 0.283 e. The summed E-state index contributed by atoms with van der Waals surface area (Å²) >= 11 is 3.31. The average molecular weight is 326 g/mol. The van der Waals surface area contributed by atoms with Crippen LogP contribution < -0.4 is 10.9 Å². The fraction of sp³-hybridized carbons (Fsp3) is 0.417. The molecular weight excluding hydrogens is 310 g/mol. The van der Waals surface area contributed by atoms with Crippen molar-refractivity contribution in [3.8, 4) is 0 Å². The van der Waals surface area contributed by atoms with Gasteiger partial charge in [-0.3, -0.25) is 4.79 Å². The lowest BCUT2D eigenvalue weighted by molar-refractivity contribution is 0.612. The molecule has 6 nitrogen and oxygen atoms in total. The second-order valence-corrected chi connectivity index (χ2v) is 4.87. The summed E-state index contributed by atoms with van der Waals surface area (Å²) in [7, 11) is 0. The Morgan fingerprint density at radius 2 is 2.32 bits per heavy atom. The van der Waals surface area contributed by atoms with Gasteiger partial charge in [-0.2, -0.15) is 5.10 Å². The molecule has 0 aliphatic carbocycles. The number of rotatable bonds is 6. The first-order valence-electron chi connectivity index (χ1n) is 6.17. The van der Waals surface area contributed by atoms with Crippen molar-refractivity contribution in [1.82, 2.24) is 19.3 Å². The summed E-state index contributed by atoms with van der Waals surface area (Å²) in [6.07, 6.45) is 8.10. The van der Waals surface area contributed by atoms with E-state index in [-0.39, 0.29) is 5.56 Å². The number of aryl methyl sites for hydroxylation is 2. The number of aromatic nitrogens is 4. The molecule has 2 aromatic heterocycles. The molecule has 102 valence electrons. The van der Waals surface area contributed by atoms with E-state index in [1.54, 1.807) is 18.7 Å². The lowest BCUT2D eigenvalue weighted by Crippen LogP contribution is -2.23. The molecule has 7 heteroatoms. The van der Waals surface area contributed by atoms with Crippen molar-refractivity contribution >= 4 is 21.6 Å². The number of nitrogens with one attached hydrogen (secondary N) is 1. The highest BCUT2D eigenvalue weighted by atomic mass is 79.9. The van der Waals surface area contributed by atoms with E-state index in [0.717, 1.165) is 25.2 Å². The Bertz CT molecular complexity index is 578. The van der Waals surface area contributed by atoms with Gasteiger partial charge >= 0.3 is 0 Å². The number of hydrogen-bond acceptors (Lipinski definition) is 4. The molecule has 0 fully saturated rings. The molecule has 2 rings (SSSR count). The maximum atomic E-state index is 11.8. The summed E-state index contributed by atoms with van der Waals surface area (Å²) in [6, 6.07) is 0. The van der Waals surface area contributed by atoms with Crippen molar-refractivity contribution in [2.75, 3.05) is 11.9 Å². The van der Waals surface area contributed by atoms with Crippen LogP contribution in [0.5, 0.6) is 0 Å². The van der Waals surface area contributed by atoms with Crippen molar-refractivity contribution in [3.63, 3.8) is 0 Å². The van der Waals surface area contributed by atoms with Gasteiger partial charge in [0, 0.05) is 32.0 Å². The third kappa shape index (κ3) is 3.44. The van der Waals surface area contributed by atoms with Gasteiger partial charge in [0.15, 0.2) is 0 Å². The van der Waals surface area contributed by atoms with E-state index in [2.05, 4.69) is 31.3 Å². The quantitative estimate of drug-likeness (QED) is 0.821. The first-order valence-corrected chi connectivity index (χ1v) is 6.97. The highest BCUT2D eigenvalue weighted by Gasteiger charge is 2.06. The second kappa shape index (κ2) is 6.51. The Hall–Kier alpha value is -1.63. The van der Waals surface area contributed by atoms with Crippen LogP contribution in [0.4, 0.5) is 5.69 Å². The number of hydrogen-bond donors (Lipinski definition) is 1. The predicted molar refractivity (Wildman–Crippen MR) is 77.2 cm³/mol. The Kier molecular flexibility index (Phi) is 4.73. The molecule has 0 amide bonds. The molecular formula is C12H16BrN5O. The van der Waals surface area contributed by atoms with Crippen LogP contribution in [0, 0.1) is 0 Å². The van der Waals surface area contributed by atoms with Gasteiger partial charge in [0.25, 0.3) is 5.56 Å². The molecule has 0 aromatic carbocycles. The number of imidazole rings is 1. The maximum absolute atomic E-state index is 11.8. The number of anilines is 1. The molecule has 2 heterocycles. The normalized spacial score (nSPS) is 10.6. The van der Waals surface area contributed by atoms with Crippen LogP contribution in [0.1, 0.15) is 13.3 Å². The first-order chi connectivity index (χ1) is 9.22. The number of halogens is 1. The second-order valence-electron chi connectivity index (χ2n) is 4.07. The van der Waals surface area contributed by atoms with Crippen molar-refractivity contribution in [3.05, 3.63) is 39.7 Å². The van der Waals surface area contributed by atoms with Crippen molar-refractivity contribution in [2.45, 2.75) is 26.4 Å². The maximum Gasteiger partial charge on any atom is 0.283 e. The highest BCUT2D eigenvalue weighted by molar-refractivity contribution is 9.10. The van der Waals surface area contributed by atoms with Crippen LogP contribution in [0.25, 0.3) is 0 Å². The molecule has 0 radical (unpaired) electrons. The van der Waals surface area contributed by atoms with E-state index in [1.807, 2.05) is 17.7 Å². The molecule has 0 atom stereocenters. The summed E-state index contributed by atoms with van der Waals surface area (Å²) in [5, 5.41) is 7.29. The van der Waals surface area contributed by atoms with E-state index in [9.17, 15) is 4.79 Å². The molecule has 0 saturated carbocycles. The Morgan fingerprint density at radius 3 is 3.00 bits per heavy atom. The zero-order valence-corrected chi connectivity index (χ0v) is 12.3. The molecule has 1 N–H and O–H groups in total. The van der Waals surface area contributed by atoms with E-state index in [1.165, 1.54) is 4.68 Å². The van der Waals surface area contributed by atoms with Gasteiger partial charge in [-0.25, -0.2) is 9.67 Å². The van der Waals surface area contributed by atoms with Crippen LogP contribution in [0.2, 0.25) is 0 Å². The van der Waals surface area contributed by atoms with Gasteiger partial charge in [-0.1, -0.05) is 0 Å². The molecule has 2 aromatic rings. The van der Waals surface area contributed by atoms with E-state index in [4.69, 9.17) is 0 Å². The SMILES string of the molecule is CCn1ncc(NCCCn2ccnc2)c(Br)c1=O. The summed E-state index contributed by atoms with van der Waals surface area (Å²) in [5.41, 5.74) is 0.627. The van der Waals surface area contributed by atoms with Gasteiger partial charge in [0.1, 0.15) is 4.47 Å². The minimum absolute atomic E-state index is 0.109. The summed E-state index contributed by atoms with van der Waals surface area (Å²) in [6.45, 7) is 4.12. The Morgan fingerprint density at radius 1 is 1.47 bits per heavy atom. The van der Waals surface area contributed by atoms with Crippen LogP contribution >= 0.6 is 15.9 Å². The first kappa shape index (κ1) is 13.8. The Labute approximate surface area is 119 Å². The summed E-state index contributed by atoms with van der Waals surface area (Å²) < 4.78 is 3.97. The average Bonchev–Trinajstić information content (AvgIpc) is 2.92. The topological polar surface area (TPSA) is 64.7 Å². The zero-order valence-electron chi connectivity index (χ0n) is 10.7. The zero-order chi connectivity index (χ0) is 13.7. The van der Waals surface area contributed by atoms with Gasteiger partial charge in [0.05, 0.1) is 18.2 Å². The summed E-state index contributed by atoms with van der Waals surface area (Å²) in [5.74, 6) is 0. The van der Waals surface area contributed by atoms with Crippen LogP contribution in [-0.2, 0) is 13.1 Å². The molecule has 0 spiro atoms. The van der Waals surface area contributed by atoms with Crippen molar-refractivity contribution < 1.29 is 0 Å². The van der Waals surface area contributed by atoms with Gasteiger partial charge in [-0.15, -0.1) is 0 Å². The fourth-order valence-electron chi connectivity index (χ4n) is 1.72. The molecule has 19 heavy (non-hydrogen) atoms. The van der Waals surface area contributed by atoms with Crippen LogP contribution in [-0.4, -0.2) is 25.9 Å². The van der Waals surface area contributed by atoms with Crippen molar-refractivity contribution in [2.24, 2.45) is 0 Å². The molecule has 0 aliphatic heterocycles. The lowest BCUT2D eigenvalue weighted by Gasteiger charge is -2.09.